The molecule has 166 valence electrons. The van der Waals surface area contributed by atoms with Crippen molar-refractivity contribution in [1.29, 1.82) is 0 Å². The lowest BCUT2D eigenvalue weighted by Crippen LogP contribution is -2.30. The SMILES string of the molecule is Cc1ccc(CNC(=O)C2CCc3nc(-c4ccccc4)nc(OCC4CC4)c3CC2)o1. The van der Waals surface area contributed by atoms with Gasteiger partial charge in [-0.05, 0) is 63.5 Å². The third kappa shape index (κ3) is 4.85. The standard InChI is InChI=1S/C26H29N3O3/c1-17-7-12-21(32-17)15-27-25(30)20-10-13-22-23(14-11-20)28-24(19-5-3-2-4-6-19)29-26(22)31-16-18-8-9-18/h2-7,12,18,20H,8-11,13-16H2,1H3,(H,27,30). The van der Waals surface area contributed by atoms with Crippen LogP contribution in [0, 0.1) is 18.8 Å². The summed E-state index contributed by atoms with van der Waals surface area (Å²) in [6.45, 7) is 3.04. The Bertz CT molecular complexity index is 1090. The van der Waals surface area contributed by atoms with Crippen LogP contribution in [-0.2, 0) is 24.2 Å². The summed E-state index contributed by atoms with van der Waals surface area (Å²) in [6.07, 6.45) is 5.50. The predicted molar refractivity (Wildman–Crippen MR) is 121 cm³/mol. The number of hydrogen-bond donors (Lipinski definition) is 1. The van der Waals surface area contributed by atoms with Gasteiger partial charge in [-0.15, -0.1) is 0 Å². The Morgan fingerprint density at radius 1 is 1.06 bits per heavy atom. The Morgan fingerprint density at radius 3 is 2.62 bits per heavy atom. The summed E-state index contributed by atoms with van der Waals surface area (Å²) in [6, 6.07) is 13.8. The number of aryl methyl sites for hydroxylation is 2. The lowest BCUT2D eigenvalue weighted by atomic mass is 9.99. The van der Waals surface area contributed by atoms with E-state index >= 15 is 0 Å². The lowest BCUT2D eigenvalue weighted by Gasteiger charge is -2.14. The fourth-order valence-electron chi connectivity index (χ4n) is 4.22. The van der Waals surface area contributed by atoms with Crippen molar-refractivity contribution >= 4 is 5.91 Å². The minimum Gasteiger partial charge on any atom is -0.477 e. The van der Waals surface area contributed by atoms with E-state index in [1.807, 2.05) is 49.4 Å². The third-order valence-electron chi connectivity index (χ3n) is 6.32. The molecule has 1 unspecified atom stereocenters. The zero-order valence-electron chi connectivity index (χ0n) is 18.5. The zero-order chi connectivity index (χ0) is 21.9. The number of nitrogens with zero attached hydrogens (tertiary/aromatic N) is 2. The Labute approximate surface area is 188 Å². The minimum absolute atomic E-state index is 0.0586. The molecule has 0 spiro atoms. The van der Waals surface area contributed by atoms with Crippen molar-refractivity contribution in [2.24, 2.45) is 11.8 Å². The van der Waals surface area contributed by atoms with Crippen molar-refractivity contribution in [2.75, 3.05) is 6.61 Å². The molecule has 0 aliphatic heterocycles. The van der Waals surface area contributed by atoms with Crippen LogP contribution < -0.4 is 10.1 Å². The van der Waals surface area contributed by atoms with E-state index in [2.05, 4.69) is 5.32 Å². The highest BCUT2D eigenvalue weighted by Crippen LogP contribution is 2.34. The van der Waals surface area contributed by atoms with Crippen LogP contribution in [0.5, 0.6) is 5.88 Å². The van der Waals surface area contributed by atoms with E-state index in [9.17, 15) is 4.79 Å². The average molecular weight is 432 g/mol. The molecule has 1 atom stereocenters. The second-order valence-corrected chi connectivity index (χ2v) is 8.90. The van der Waals surface area contributed by atoms with Gasteiger partial charge in [0.05, 0.1) is 18.8 Å². The Balaban J connectivity index is 1.33. The van der Waals surface area contributed by atoms with E-state index in [0.717, 1.165) is 54.0 Å². The number of amides is 1. The van der Waals surface area contributed by atoms with Gasteiger partial charge >= 0.3 is 0 Å². The third-order valence-corrected chi connectivity index (χ3v) is 6.32. The highest BCUT2D eigenvalue weighted by molar-refractivity contribution is 5.78. The van der Waals surface area contributed by atoms with Crippen LogP contribution in [0.4, 0.5) is 0 Å². The first-order valence-electron chi connectivity index (χ1n) is 11.6. The fraction of sp³-hybridized carbons (Fsp3) is 0.423. The molecule has 0 radical (unpaired) electrons. The second-order valence-electron chi connectivity index (χ2n) is 8.90. The quantitative estimate of drug-likeness (QED) is 0.551. The molecule has 32 heavy (non-hydrogen) atoms. The Hall–Kier alpha value is -3.15. The molecule has 1 saturated carbocycles. The smallest absolute Gasteiger partial charge is 0.223 e. The number of ether oxygens (including phenoxy) is 1. The average Bonchev–Trinajstić information content (AvgIpc) is 3.59. The maximum Gasteiger partial charge on any atom is 0.223 e. The van der Waals surface area contributed by atoms with Gasteiger partial charge in [0.15, 0.2) is 5.82 Å². The van der Waals surface area contributed by atoms with Gasteiger partial charge in [-0.1, -0.05) is 30.3 Å². The van der Waals surface area contributed by atoms with Crippen molar-refractivity contribution in [2.45, 2.75) is 52.0 Å². The predicted octanol–water partition coefficient (Wildman–Crippen LogP) is 4.65. The van der Waals surface area contributed by atoms with Crippen LogP contribution >= 0.6 is 0 Å². The second kappa shape index (κ2) is 9.15. The molecule has 1 N–H and O–H groups in total. The van der Waals surface area contributed by atoms with Crippen LogP contribution in [-0.4, -0.2) is 22.5 Å². The van der Waals surface area contributed by atoms with E-state index < -0.39 is 0 Å². The molecule has 1 amide bonds. The molecule has 0 bridgehead atoms. The normalized spacial score (nSPS) is 18.0. The topological polar surface area (TPSA) is 77.2 Å². The molecule has 1 aromatic carbocycles. The number of nitrogens with one attached hydrogen (secondary N) is 1. The van der Waals surface area contributed by atoms with E-state index in [-0.39, 0.29) is 11.8 Å². The molecule has 2 aliphatic rings. The van der Waals surface area contributed by atoms with Gasteiger partial charge < -0.3 is 14.5 Å². The molecule has 2 aromatic heterocycles. The summed E-state index contributed by atoms with van der Waals surface area (Å²) in [5, 5.41) is 3.04. The number of furan rings is 1. The first-order chi connectivity index (χ1) is 15.7. The van der Waals surface area contributed by atoms with Crippen LogP contribution in [0.2, 0.25) is 0 Å². The Morgan fingerprint density at radius 2 is 1.88 bits per heavy atom. The molecular formula is C26H29N3O3. The van der Waals surface area contributed by atoms with Crippen LogP contribution in [0.25, 0.3) is 11.4 Å². The van der Waals surface area contributed by atoms with E-state index in [1.165, 1.54) is 12.8 Å². The van der Waals surface area contributed by atoms with Gasteiger partial charge in [0.2, 0.25) is 11.8 Å². The van der Waals surface area contributed by atoms with Crippen molar-refractivity contribution < 1.29 is 13.9 Å². The molecular weight excluding hydrogens is 402 g/mol. The molecule has 1 fully saturated rings. The summed E-state index contributed by atoms with van der Waals surface area (Å²) < 4.78 is 11.8. The van der Waals surface area contributed by atoms with Crippen LogP contribution in [0.3, 0.4) is 0 Å². The fourth-order valence-corrected chi connectivity index (χ4v) is 4.22. The number of benzene rings is 1. The van der Waals surface area contributed by atoms with Crippen LogP contribution in [0.1, 0.15) is 48.5 Å². The van der Waals surface area contributed by atoms with E-state index in [0.29, 0.717) is 30.8 Å². The summed E-state index contributed by atoms with van der Waals surface area (Å²) in [5.74, 6) is 3.70. The molecule has 0 saturated heterocycles. The van der Waals surface area contributed by atoms with E-state index in [4.69, 9.17) is 19.1 Å². The molecule has 3 aromatic rings. The molecule has 2 aliphatic carbocycles. The monoisotopic (exact) mass is 431 g/mol. The highest BCUT2D eigenvalue weighted by Gasteiger charge is 2.28. The van der Waals surface area contributed by atoms with Gasteiger partial charge in [0.25, 0.3) is 0 Å². The van der Waals surface area contributed by atoms with Gasteiger partial charge in [-0.25, -0.2) is 4.98 Å². The maximum absolute atomic E-state index is 12.9. The number of aromatic nitrogens is 2. The first kappa shape index (κ1) is 20.7. The van der Waals surface area contributed by atoms with Crippen molar-refractivity contribution in [3.05, 3.63) is 65.2 Å². The van der Waals surface area contributed by atoms with Gasteiger partial charge in [0.1, 0.15) is 11.5 Å². The first-order valence-corrected chi connectivity index (χ1v) is 11.6. The van der Waals surface area contributed by atoms with Crippen LogP contribution in [0.15, 0.2) is 46.9 Å². The summed E-state index contributed by atoms with van der Waals surface area (Å²) in [7, 11) is 0. The highest BCUT2D eigenvalue weighted by atomic mass is 16.5. The van der Waals surface area contributed by atoms with Crippen molar-refractivity contribution in [1.82, 2.24) is 15.3 Å². The number of carbonyl (C=O) groups is 1. The Kier molecular flexibility index (Phi) is 5.93. The molecule has 6 heteroatoms. The maximum atomic E-state index is 12.9. The number of rotatable bonds is 7. The largest absolute Gasteiger partial charge is 0.477 e. The van der Waals surface area contributed by atoms with Crippen molar-refractivity contribution in [3.8, 4) is 17.3 Å². The zero-order valence-corrected chi connectivity index (χ0v) is 18.5. The molecule has 2 heterocycles. The van der Waals surface area contributed by atoms with Crippen molar-refractivity contribution in [3.63, 3.8) is 0 Å². The minimum atomic E-state index is -0.0586. The van der Waals surface area contributed by atoms with Gasteiger partial charge in [-0.3, -0.25) is 4.79 Å². The summed E-state index contributed by atoms with van der Waals surface area (Å²) >= 11 is 0. The van der Waals surface area contributed by atoms with E-state index in [1.54, 1.807) is 0 Å². The summed E-state index contributed by atoms with van der Waals surface area (Å²) in [5.41, 5.74) is 3.07. The molecule has 6 nitrogen and oxygen atoms in total. The molecule has 5 rings (SSSR count). The van der Waals surface area contributed by atoms with Gasteiger partial charge in [0, 0.05) is 17.0 Å². The summed E-state index contributed by atoms with van der Waals surface area (Å²) in [4.78, 5) is 22.6. The number of hydrogen-bond acceptors (Lipinski definition) is 5. The lowest BCUT2D eigenvalue weighted by molar-refractivity contribution is -0.125. The number of carbonyl (C=O) groups excluding carboxylic acids is 1. The van der Waals surface area contributed by atoms with Gasteiger partial charge in [-0.2, -0.15) is 4.98 Å². The number of fused-ring (bicyclic) bond motifs is 1.